The highest BCUT2D eigenvalue weighted by atomic mass is 16.2. The summed E-state index contributed by atoms with van der Waals surface area (Å²) in [6.07, 6.45) is 5.35. The molecule has 0 aliphatic carbocycles. The Labute approximate surface area is 102 Å². The zero-order chi connectivity index (χ0) is 12.1. The van der Waals surface area contributed by atoms with Crippen molar-refractivity contribution in [2.75, 3.05) is 24.5 Å². The molecule has 0 unspecified atom stereocenters. The van der Waals surface area contributed by atoms with Gasteiger partial charge in [0.1, 0.15) is 0 Å². The Kier molecular flexibility index (Phi) is 4.09. The molecule has 1 N–H and O–H groups in total. The fraction of sp³-hybridized carbons (Fsp3) is 0.538. The van der Waals surface area contributed by atoms with Crippen LogP contribution in [-0.2, 0) is 4.79 Å². The molecule has 4 nitrogen and oxygen atoms in total. The summed E-state index contributed by atoms with van der Waals surface area (Å²) < 4.78 is 0. The van der Waals surface area contributed by atoms with E-state index < -0.39 is 0 Å². The lowest BCUT2D eigenvalue weighted by Crippen LogP contribution is -2.41. The monoisotopic (exact) mass is 233 g/mol. The average molecular weight is 233 g/mol. The third-order valence-electron chi connectivity index (χ3n) is 3.25. The largest absolute Gasteiger partial charge is 0.317 e. The minimum Gasteiger partial charge on any atom is -0.317 e. The quantitative estimate of drug-likeness (QED) is 0.859. The van der Waals surface area contributed by atoms with Gasteiger partial charge in [0.25, 0.3) is 0 Å². The van der Waals surface area contributed by atoms with Crippen LogP contribution in [0.25, 0.3) is 0 Å². The van der Waals surface area contributed by atoms with Crippen LogP contribution in [0.5, 0.6) is 0 Å². The molecule has 0 aromatic carbocycles. The number of piperidine rings is 1. The Hall–Kier alpha value is -1.42. The van der Waals surface area contributed by atoms with Gasteiger partial charge in [-0.2, -0.15) is 0 Å². The van der Waals surface area contributed by atoms with Crippen LogP contribution in [0.2, 0.25) is 0 Å². The Morgan fingerprint density at radius 1 is 1.41 bits per heavy atom. The van der Waals surface area contributed by atoms with E-state index in [0.717, 1.165) is 31.6 Å². The topological polar surface area (TPSA) is 45.2 Å². The van der Waals surface area contributed by atoms with E-state index in [0.29, 0.717) is 6.54 Å². The Bertz CT molecular complexity index is 360. The Balaban J connectivity index is 2.10. The van der Waals surface area contributed by atoms with Gasteiger partial charge in [-0.3, -0.25) is 9.78 Å². The number of anilines is 1. The van der Waals surface area contributed by atoms with Crippen LogP contribution in [0, 0.1) is 5.92 Å². The van der Waals surface area contributed by atoms with Crippen LogP contribution >= 0.6 is 0 Å². The van der Waals surface area contributed by atoms with Crippen LogP contribution in [-0.4, -0.2) is 30.5 Å². The average Bonchev–Trinajstić information content (AvgIpc) is 2.42. The normalized spacial score (nSPS) is 16.8. The molecule has 0 atom stereocenters. The SMILES string of the molecule is CCN(C(=O)C1CCNCC1)c1ccncc1. The summed E-state index contributed by atoms with van der Waals surface area (Å²) in [5.41, 5.74) is 0.950. The lowest BCUT2D eigenvalue weighted by Gasteiger charge is -2.28. The number of amides is 1. The Morgan fingerprint density at radius 2 is 2.06 bits per heavy atom. The molecule has 1 aromatic rings. The van der Waals surface area contributed by atoms with Crippen molar-refractivity contribution in [3.05, 3.63) is 24.5 Å². The van der Waals surface area contributed by atoms with E-state index in [1.807, 2.05) is 24.0 Å². The van der Waals surface area contributed by atoms with Crippen molar-refractivity contribution in [3.63, 3.8) is 0 Å². The zero-order valence-corrected chi connectivity index (χ0v) is 10.2. The van der Waals surface area contributed by atoms with E-state index in [1.165, 1.54) is 0 Å². The van der Waals surface area contributed by atoms with Gasteiger partial charge in [-0.05, 0) is 45.0 Å². The predicted octanol–water partition coefficient (Wildman–Crippen LogP) is 1.43. The van der Waals surface area contributed by atoms with Crippen molar-refractivity contribution in [2.45, 2.75) is 19.8 Å². The highest BCUT2D eigenvalue weighted by Gasteiger charge is 2.25. The summed E-state index contributed by atoms with van der Waals surface area (Å²) >= 11 is 0. The number of pyridine rings is 1. The molecule has 1 aliphatic heterocycles. The second kappa shape index (κ2) is 5.77. The molecule has 0 radical (unpaired) electrons. The third-order valence-corrected chi connectivity index (χ3v) is 3.25. The maximum absolute atomic E-state index is 12.4. The van der Waals surface area contributed by atoms with Crippen molar-refractivity contribution in [1.82, 2.24) is 10.3 Å². The van der Waals surface area contributed by atoms with Crippen molar-refractivity contribution in [3.8, 4) is 0 Å². The van der Waals surface area contributed by atoms with Crippen molar-refractivity contribution >= 4 is 11.6 Å². The lowest BCUT2D eigenvalue weighted by atomic mass is 9.96. The third kappa shape index (κ3) is 2.82. The second-order valence-corrected chi connectivity index (χ2v) is 4.31. The van der Waals surface area contributed by atoms with Gasteiger partial charge in [0, 0.05) is 30.5 Å². The van der Waals surface area contributed by atoms with Gasteiger partial charge in [0.2, 0.25) is 5.91 Å². The van der Waals surface area contributed by atoms with E-state index in [-0.39, 0.29) is 11.8 Å². The van der Waals surface area contributed by atoms with Crippen LogP contribution in [0.3, 0.4) is 0 Å². The van der Waals surface area contributed by atoms with Crippen LogP contribution in [0.4, 0.5) is 5.69 Å². The molecule has 2 rings (SSSR count). The number of nitrogens with zero attached hydrogens (tertiary/aromatic N) is 2. The Morgan fingerprint density at radius 3 is 2.65 bits per heavy atom. The molecule has 0 bridgehead atoms. The summed E-state index contributed by atoms with van der Waals surface area (Å²) in [5.74, 6) is 0.421. The van der Waals surface area contributed by atoms with Crippen molar-refractivity contribution in [1.29, 1.82) is 0 Å². The van der Waals surface area contributed by atoms with Gasteiger partial charge in [0.05, 0.1) is 0 Å². The summed E-state index contributed by atoms with van der Waals surface area (Å²) in [5, 5.41) is 3.29. The molecule has 2 heterocycles. The minimum absolute atomic E-state index is 0.171. The van der Waals surface area contributed by atoms with Crippen LogP contribution < -0.4 is 10.2 Å². The van der Waals surface area contributed by atoms with Gasteiger partial charge in [-0.25, -0.2) is 0 Å². The summed E-state index contributed by atoms with van der Waals surface area (Å²) in [6.45, 7) is 4.63. The molecule has 0 saturated carbocycles. The van der Waals surface area contributed by atoms with E-state index in [4.69, 9.17) is 0 Å². The van der Waals surface area contributed by atoms with Gasteiger partial charge >= 0.3 is 0 Å². The van der Waals surface area contributed by atoms with Gasteiger partial charge in [-0.15, -0.1) is 0 Å². The maximum atomic E-state index is 12.4. The van der Waals surface area contributed by atoms with Gasteiger partial charge < -0.3 is 10.2 Å². The molecule has 1 aliphatic rings. The van der Waals surface area contributed by atoms with Crippen molar-refractivity contribution in [2.24, 2.45) is 5.92 Å². The first-order valence-corrected chi connectivity index (χ1v) is 6.25. The van der Waals surface area contributed by atoms with E-state index >= 15 is 0 Å². The van der Waals surface area contributed by atoms with Gasteiger partial charge in [0.15, 0.2) is 0 Å². The van der Waals surface area contributed by atoms with Crippen LogP contribution in [0.15, 0.2) is 24.5 Å². The lowest BCUT2D eigenvalue weighted by molar-refractivity contribution is -0.123. The molecule has 1 fully saturated rings. The number of aromatic nitrogens is 1. The number of carbonyl (C=O) groups is 1. The number of hydrogen-bond acceptors (Lipinski definition) is 3. The van der Waals surface area contributed by atoms with E-state index in [9.17, 15) is 4.79 Å². The number of nitrogens with one attached hydrogen (secondary N) is 1. The fourth-order valence-electron chi connectivity index (χ4n) is 2.28. The molecular formula is C13H19N3O. The molecular weight excluding hydrogens is 214 g/mol. The first kappa shape index (κ1) is 12.0. The summed E-state index contributed by atoms with van der Waals surface area (Å²) in [4.78, 5) is 18.3. The molecule has 1 saturated heterocycles. The molecule has 1 aromatic heterocycles. The fourth-order valence-corrected chi connectivity index (χ4v) is 2.28. The molecule has 0 spiro atoms. The van der Waals surface area contributed by atoms with Gasteiger partial charge in [-0.1, -0.05) is 0 Å². The van der Waals surface area contributed by atoms with E-state index in [1.54, 1.807) is 12.4 Å². The van der Waals surface area contributed by atoms with E-state index in [2.05, 4.69) is 10.3 Å². The summed E-state index contributed by atoms with van der Waals surface area (Å²) in [6, 6.07) is 3.78. The number of carbonyl (C=O) groups excluding carboxylic acids is 1. The van der Waals surface area contributed by atoms with Crippen LogP contribution in [0.1, 0.15) is 19.8 Å². The second-order valence-electron chi connectivity index (χ2n) is 4.31. The smallest absolute Gasteiger partial charge is 0.230 e. The molecule has 4 heteroatoms. The molecule has 1 amide bonds. The number of hydrogen-bond donors (Lipinski definition) is 1. The maximum Gasteiger partial charge on any atom is 0.230 e. The highest BCUT2D eigenvalue weighted by Crippen LogP contribution is 2.20. The first-order valence-electron chi connectivity index (χ1n) is 6.25. The minimum atomic E-state index is 0.171. The summed E-state index contributed by atoms with van der Waals surface area (Å²) in [7, 11) is 0. The standard InChI is InChI=1S/C13H19N3O/c1-2-16(12-5-9-15-10-6-12)13(17)11-3-7-14-8-4-11/h5-6,9-11,14H,2-4,7-8H2,1H3. The number of rotatable bonds is 3. The zero-order valence-electron chi connectivity index (χ0n) is 10.2. The predicted molar refractivity (Wildman–Crippen MR) is 67.9 cm³/mol. The molecule has 92 valence electrons. The highest BCUT2D eigenvalue weighted by molar-refractivity contribution is 5.94. The first-order chi connectivity index (χ1) is 8.33. The molecule has 17 heavy (non-hydrogen) atoms. The van der Waals surface area contributed by atoms with Crippen molar-refractivity contribution < 1.29 is 4.79 Å².